The van der Waals surface area contributed by atoms with E-state index in [2.05, 4.69) is 0 Å². The summed E-state index contributed by atoms with van der Waals surface area (Å²) >= 11 is 0. The van der Waals surface area contributed by atoms with E-state index in [0.717, 1.165) is 11.4 Å². The van der Waals surface area contributed by atoms with E-state index in [1.54, 1.807) is 17.0 Å². The van der Waals surface area contributed by atoms with Crippen LogP contribution in [0.15, 0.2) is 54.6 Å². The van der Waals surface area contributed by atoms with E-state index in [4.69, 9.17) is 4.74 Å². The van der Waals surface area contributed by atoms with Crippen LogP contribution in [-0.4, -0.2) is 31.0 Å². The molecule has 0 fully saturated rings. The van der Waals surface area contributed by atoms with Gasteiger partial charge in [0.2, 0.25) is 11.8 Å². The van der Waals surface area contributed by atoms with E-state index in [1.165, 1.54) is 11.8 Å². The number of benzene rings is 2. The molecular weight excluding hydrogens is 328 g/mol. The SMILES string of the molecule is CCN(C(=O)CN(C(C)=O)c1ccc(OC(C)C)cc1)c1ccccc1. The average Bonchev–Trinajstić information content (AvgIpc) is 2.61. The number of ether oxygens (including phenoxy) is 1. The molecular formula is C21H26N2O3. The Bertz CT molecular complexity index is 727. The molecule has 0 heterocycles. The van der Waals surface area contributed by atoms with E-state index in [-0.39, 0.29) is 24.5 Å². The van der Waals surface area contributed by atoms with Crippen molar-refractivity contribution in [3.8, 4) is 5.75 Å². The Kier molecular flexibility index (Phi) is 6.78. The van der Waals surface area contributed by atoms with Gasteiger partial charge in [0.15, 0.2) is 0 Å². The van der Waals surface area contributed by atoms with Gasteiger partial charge < -0.3 is 14.5 Å². The Morgan fingerprint density at radius 1 is 0.923 bits per heavy atom. The van der Waals surface area contributed by atoms with Crippen molar-refractivity contribution in [2.24, 2.45) is 0 Å². The second-order valence-corrected chi connectivity index (χ2v) is 6.24. The maximum Gasteiger partial charge on any atom is 0.247 e. The number of para-hydroxylation sites is 1. The largest absolute Gasteiger partial charge is 0.491 e. The van der Waals surface area contributed by atoms with E-state index in [9.17, 15) is 9.59 Å². The molecule has 0 saturated heterocycles. The average molecular weight is 354 g/mol. The summed E-state index contributed by atoms with van der Waals surface area (Å²) in [7, 11) is 0. The zero-order valence-corrected chi connectivity index (χ0v) is 15.8. The van der Waals surface area contributed by atoms with Crippen molar-refractivity contribution in [1.82, 2.24) is 0 Å². The smallest absolute Gasteiger partial charge is 0.247 e. The lowest BCUT2D eigenvalue weighted by molar-refractivity contribution is -0.121. The van der Waals surface area contributed by atoms with Gasteiger partial charge in [-0.2, -0.15) is 0 Å². The highest BCUT2D eigenvalue weighted by Crippen LogP contribution is 2.21. The maximum absolute atomic E-state index is 12.8. The summed E-state index contributed by atoms with van der Waals surface area (Å²) < 4.78 is 5.63. The van der Waals surface area contributed by atoms with Gasteiger partial charge in [-0.15, -0.1) is 0 Å². The molecule has 0 atom stereocenters. The van der Waals surface area contributed by atoms with E-state index in [1.807, 2.05) is 63.2 Å². The van der Waals surface area contributed by atoms with E-state index >= 15 is 0 Å². The van der Waals surface area contributed by atoms with Gasteiger partial charge in [-0.05, 0) is 57.2 Å². The summed E-state index contributed by atoms with van der Waals surface area (Å²) in [5.74, 6) is 0.425. The van der Waals surface area contributed by atoms with Crippen molar-refractivity contribution in [2.45, 2.75) is 33.8 Å². The number of hydrogen-bond acceptors (Lipinski definition) is 3. The first-order chi connectivity index (χ1) is 12.4. The highest BCUT2D eigenvalue weighted by atomic mass is 16.5. The second kappa shape index (κ2) is 9.04. The van der Waals surface area contributed by atoms with Gasteiger partial charge in [0.1, 0.15) is 12.3 Å². The fraction of sp³-hybridized carbons (Fsp3) is 0.333. The Balaban J connectivity index is 2.17. The van der Waals surface area contributed by atoms with Gasteiger partial charge in [-0.3, -0.25) is 9.59 Å². The molecule has 0 aliphatic rings. The van der Waals surface area contributed by atoms with Crippen LogP contribution in [0.4, 0.5) is 11.4 Å². The number of carbonyl (C=O) groups excluding carboxylic acids is 2. The van der Waals surface area contributed by atoms with Crippen molar-refractivity contribution < 1.29 is 14.3 Å². The van der Waals surface area contributed by atoms with Crippen LogP contribution in [0, 0.1) is 0 Å². The number of rotatable bonds is 7. The highest BCUT2D eigenvalue weighted by Gasteiger charge is 2.20. The number of nitrogens with zero attached hydrogens (tertiary/aromatic N) is 2. The molecule has 2 aromatic rings. The normalized spacial score (nSPS) is 10.5. The quantitative estimate of drug-likeness (QED) is 0.758. The zero-order valence-electron chi connectivity index (χ0n) is 15.8. The Morgan fingerprint density at radius 3 is 2.00 bits per heavy atom. The molecule has 26 heavy (non-hydrogen) atoms. The Hall–Kier alpha value is -2.82. The first-order valence-corrected chi connectivity index (χ1v) is 8.82. The number of anilines is 2. The molecule has 138 valence electrons. The lowest BCUT2D eigenvalue weighted by Crippen LogP contribution is -2.42. The van der Waals surface area contributed by atoms with Crippen LogP contribution >= 0.6 is 0 Å². The van der Waals surface area contributed by atoms with Crippen LogP contribution < -0.4 is 14.5 Å². The minimum absolute atomic E-state index is 0.0115. The van der Waals surface area contributed by atoms with Gasteiger partial charge in [0, 0.05) is 24.8 Å². The van der Waals surface area contributed by atoms with Crippen LogP contribution in [0.2, 0.25) is 0 Å². The molecule has 0 radical (unpaired) electrons. The standard InChI is InChI=1S/C21H26N2O3/c1-5-22(18-9-7-6-8-10-18)21(25)15-23(17(4)24)19-11-13-20(14-12-19)26-16(2)3/h6-14,16H,5,15H2,1-4H3. The molecule has 0 aliphatic heterocycles. The molecule has 0 aromatic heterocycles. The summed E-state index contributed by atoms with van der Waals surface area (Å²) in [6, 6.07) is 16.7. The number of carbonyl (C=O) groups is 2. The van der Waals surface area contributed by atoms with Gasteiger partial charge in [-0.25, -0.2) is 0 Å². The fourth-order valence-electron chi connectivity index (χ4n) is 2.69. The van der Waals surface area contributed by atoms with E-state index < -0.39 is 0 Å². The van der Waals surface area contributed by atoms with Gasteiger partial charge in [0.25, 0.3) is 0 Å². The van der Waals surface area contributed by atoms with Crippen molar-refractivity contribution in [3.05, 3.63) is 54.6 Å². The van der Waals surface area contributed by atoms with Crippen LogP contribution in [0.3, 0.4) is 0 Å². The molecule has 2 aromatic carbocycles. The van der Waals surface area contributed by atoms with Crippen molar-refractivity contribution in [1.29, 1.82) is 0 Å². The maximum atomic E-state index is 12.8. The third-order valence-corrected chi connectivity index (χ3v) is 3.88. The number of hydrogen-bond donors (Lipinski definition) is 0. The fourth-order valence-corrected chi connectivity index (χ4v) is 2.69. The minimum Gasteiger partial charge on any atom is -0.491 e. The molecule has 5 heteroatoms. The molecule has 2 amide bonds. The molecule has 0 saturated carbocycles. The predicted molar refractivity (Wildman–Crippen MR) is 105 cm³/mol. The third-order valence-electron chi connectivity index (χ3n) is 3.88. The van der Waals surface area contributed by atoms with Crippen LogP contribution in [0.5, 0.6) is 5.75 Å². The van der Waals surface area contributed by atoms with Gasteiger partial charge in [0.05, 0.1) is 6.10 Å². The Morgan fingerprint density at radius 2 is 1.50 bits per heavy atom. The van der Waals surface area contributed by atoms with Gasteiger partial charge >= 0.3 is 0 Å². The minimum atomic E-state index is -0.181. The molecule has 0 spiro atoms. The summed E-state index contributed by atoms with van der Waals surface area (Å²) in [5.41, 5.74) is 1.50. The third kappa shape index (κ3) is 5.09. The zero-order chi connectivity index (χ0) is 19.1. The first kappa shape index (κ1) is 19.5. The topological polar surface area (TPSA) is 49.9 Å². The van der Waals surface area contributed by atoms with Crippen LogP contribution in [0.25, 0.3) is 0 Å². The number of amides is 2. The molecule has 0 N–H and O–H groups in total. The van der Waals surface area contributed by atoms with Crippen LogP contribution in [-0.2, 0) is 9.59 Å². The highest BCUT2D eigenvalue weighted by molar-refractivity contribution is 6.02. The molecule has 0 unspecified atom stereocenters. The number of likely N-dealkylation sites (N-methyl/N-ethyl adjacent to an activating group) is 1. The Labute approximate surface area is 155 Å². The second-order valence-electron chi connectivity index (χ2n) is 6.24. The predicted octanol–water partition coefficient (Wildman–Crippen LogP) is 3.88. The lowest BCUT2D eigenvalue weighted by atomic mass is 10.2. The molecule has 0 bridgehead atoms. The molecule has 5 nitrogen and oxygen atoms in total. The van der Waals surface area contributed by atoms with Crippen molar-refractivity contribution in [3.63, 3.8) is 0 Å². The summed E-state index contributed by atoms with van der Waals surface area (Å²) in [5, 5.41) is 0. The first-order valence-electron chi connectivity index (χ1n) is 8.82. The summed E-state index contributed by atoms with van der Waals surface area (Å²) in [6.07, 6.45) is 0.0790. The lowest BCUT2D eigenvalue weighted by Gasteiger charge is -2.26. The summed E-state index contributed by atoms with van der Waals surface area (Å²) in [6.45, 7) is 7.82. The van der Waals surface area contributed by atoms with Gasteiger partial charge in [-0.1, -0.05) is 18.2 Å². The van der Waals surface area contributed by atoms with Crippen LogP contribution in [0.1, 0.15) is 27.7 Å². The van der Waals surface area contributed by atoms with Crippen molar-refractivity contribution >= 4 is 23.2 Å². The molecule has 2 rings (SSSR count). The van der Waals surface area contributed by atoms with E-state index in [0.29, 0.717) is 12.2 Å². The molecule has 0 aliphatic carbocycles. The monoisotopic (exact) mass is 354 g/mol. The van der Waals surface area contributed by atoms with Crippen molar-refractivity contribution in [2.75, 3.05) is 22.9 Å². The summed E-state index contributed by atoms with van der Waals surface area (Å²) in [4.78, 5) is 28.0.